The van der Waals surface area contributed by atoms with Crippen LogP contribution in [0.2, 0.25) is 0 Å². The summed E-state index contributed by atoms with van der Waals surface area (Å²) in [5.41, 5.74) is 3.25. The topological polar surface area (TPSA) is 20.3 Å². The standard InChI is InChI=1S/C18H21NO/c1-3-18(20)16-10-12-17(13-11-16)19(4-2)14-15-8-6-5-7-9-15/h5-13H,3-4,14H2,1-2H3. The number of hydrogen-bond acceptors (Lipinski definition) is 2. The van der Waals surface area contributed by atoms with Crippen molar-refractivity contribution in [3.8, 4) is 0 Å². The van der Waals surface area contributed by atoms with Gasteiger partial charge in [-0.05, 0) is 36.8 Å². The van der Waals surface area contributed by atoms with Crippen molar-refractivity contribution >= 4 is 11.5 Å². The Balaban J connectivity index is 2.13. The molecule has 0 N–H and O–H groups in total. The lowest BCUT2D eigenvalue weighted by Crippen LogP contribution is -2.21. The van der Waals surface area contributed by atoms with E-state index in [1.54, 1.807) is 0 Å². The van der Waals surface area contributed by atoms with Crippen LogP contribution >= 0.6 is 0 Å². The zero-order chi connectivity index (χ0) is 14.4. The van der Waals surface area contributed by atoms with Gasteiger partial charge in [-0.1, -0.05) is 37.3 Å². The van der Waals surface area contributed by atoms with Crippen molar-refractivity contribution in [1.82, 2.24) is 0 Å². The van der Waals surface area contributed by atoms with Gasteiger partial charge in [0.1, 0.15) is 0 Å². The van der Waals surface area contributed by atoms with Gasteiger partial charge in [0.15, 0.2) is 5.78 Å². The van der Waals surface area contributed by atoms with Crippen LogP contribution in [0.5, 0.6) is 0 Å². The number of carbonyl (C=O) groups is 1. The minimum atomic E-state index is 0.197. The summed E-state index contributed by atoms with van der Waals surface area (Å²) in [4.78, 5) is 13.9. The summed E-state index contributed by atoms with van der Waals surface area (Å²) in [6.45, 7) is 5.87. The predicted molar refractivity (Wildman–Crippen MR) is 84.2 cm³/mol. The maximum atomic E-state index is 11.6. The number of hydrogen-bond donors (Lipinski definition) is 0. The van der Waals surface area contributed by atoms with Crippen LogP contribution in [0.3, 0.4) is 0 Å². The Morgan fingerprint density at radius 2 is 1.60 bits per heavy atom. The van der Waals surface area contributed by atoms with Crippen molar-refractivity contribution in [2.24, 2.45) is 0 Å². The lowest BCUT2D eigenvalue weighted by atomic mass is 10.1. The summed E-state index contributed by atoms with van der Waals surface area (Å²) in [5.74, 6) is 0.197. The van der Waals surface area contributed by atoms with Crippen LogP contribution in [0.1, 0.15) is 36.2 Å². The van der Waals surface area contributed by atoms with E-state index in [2.05, 4.69) is 36.1 Å². The molecule has 0 unspecified atom stereocenters. The maximum absolute atomic E-state index is 11.6. The summed E-state index contributed by atoms with van der Waals surface area (Å²) in [6, 6.07) is 18.4. The Labute approximate surface area is 121 Å². The Kier molecular flexibility index (Phi) is 4.94. The lowest BCUT2D eigenvalue weighted by Gasteiger charge is -2.23. The molecule has 0 heterocycles. The molecule has 0 saturated carbocycles. The van der Waals surface area contributed by atoms with Crippen molar-refractivity contribution in [2.75, 3.05) is 11.4 Å². The minimum absolute atomic E-state index is 0.197. The first-order chi connectivity index (χ1) is 9.74. The van der Waals surface area contributed by atoms with Crippen LogP contribution in [0, 0.1) is 0 Å². The highest BCUT2D eigenvalue weighted by Crippen LogP contribution is 2.18. The fourth-order valence-corrected chi connectivity index (χ4v) is 2.25. The Morgan fingerprint density at radius 1 is 0.950 bits per heavy atom. The van der Waals surface area contributed by atoms with E-state index in [1.165, 1.54) is 5.56 Å². The summed E-state index contributed by atoms with van der Waals surface area (Å²) in [6.07, 6.45) is 0.556. The molecule has 0 aliphatic rings. The van der Waals surface area contributed by atoms with E-state index in [9.17, 15) is 4.79 Å². The third-order valence-corrected chi connectivity index (χ3v) is 3.47. The zero-order valence-electron chi connectivity index (χ0n) is 12.2. The van der Waals surface area contributed by atoms with E-state index >= 15 is 0 Å². The summed E-state index contributed by atoms with van der Waals surface area (Å²) in [7, 11) is 0. The van der Waals surface area contributed by atoms with E-state index in [1.807, 2.05) is 37.3 Å². The van der Waals surface area contributed by atoms with Gasteiger partial charge in [-0.3, -0.25) is 4.79 Å². The first-order valence-corrected chi connectivity index (χ1v) is 7.16. The molecule has 2 aromatic rings. The first-order valence-electron chi connectivity index (χ1n) is 7.16. The summed E-state index contributed by atoms with van der Waals surface area (Å²) < 4.78 is 0. The Hall–Kier alpha value is -2.09. The third-order valence-electron chi connectivity index (χ3n) is 3.47. The van der Waals surface area contributed by atoms with E-state index in [0.717, 1.165) is 24.3 Å². The molecule has 2 nitrogen and oxygen atoms in total. The highest BCUT2D eigenvalue weighted by molar-refractivity contribution is 5.96. The van der Waals surface area contributed by atoms with Crippen molar-refractivity contribution in [1.29, 1.82) is 0 Å². The van der Waals surface area contributed by atoms with Crippen LogP contribution in [-0.2, 0) is 6.54 Å². The van der Waals surface area contributed by atoms with E-state index in [-0.39, 0.29) is 5.78 Å². The molecule has 0 spiro atoms. The van der Waals surface area contributed by atoms with E-state index in [0.29, 0.717) is 6.42 Å². The van der Waals surface area contributed by atoms with Crippen LogP contribution in [-0.4, -0.2) is 12.3 Å². The quantitative estimate of drug-likeness (QED) is 0.727. The number of rotatable bonds is 6. The van der Waals surface area contributed by atoms with Crippen molar-refractivity contribution in [3.05, 3.63) is 65.7 Å². The molecule has 0 aromatic heterocycles. The fraction of sp³-hybridized carbons (Fsp3) is 0.278. The molecule has 2 rings (SSSR count). The molecule has 0 radical (unpaired) electrons. The molecule has 104 valence electrons. The molecule has 0 fully saturated rings. The molecular weight excluding hydrogens is 246 g/mol. The van der Waals surface area contributed by atoms with Gasteiger partial charge in [-0.15, -0.1) is 0 Å². The molecule has 0 aliphatic heterocycles. The SMILES string of the molecule is CCC(=O)c1ccc(N(CC)Cc2ccccc2)cc1. The maximum Gasteiger partial charge on any atom is 0.162 e. The normalized spacial score (nSPS) is 10.3. The molecule has 20 heavy (non-hydrogen) atoms. The van der Waals surface area contributed by atoms with Crippen LogP contribution in [0.15, 0.2) is 54.6 Å². The summed E-state index contributed by atoms with van der Waals surface area (Å²) in [5, 5.41) is 0. The zero-order valence-corrected chi connectivity index (χ0v) is 12.2. The van der Waals surface area contributed by atoms with E-state index in [4.69, 9.17) is 0 Å². The Bertz CT molecular complexity index is 545. The van der Waals surface area contributed by atoms with Crippen molar-refractivity contribution in [2.45, 2.75) is 26.8 Å². The fourth-order valence-electron chi connectivity index (χ4n) is 2.25. The second-order valence-corrected chi connectivity index (χ2v) is 4.82. The number of nitrogens with zero attached hydrogens (tertiary/aromatic N) is 1. The molecule has 0 bridgehead atoms. The number of carbonyl (C=O) groups excluding carboxylic acids is 1. The van der Waals surface area contributed by atoms with Gasteiger partial charge >= 0.3 is 0 Å². The van der Waals surface area contributed by atoms with Gasteiger partial charge in [0.25, 0.3) is 0 Å². The third kappa shape index (κ3) is 3.47. The van der Waals surface area contributed by atoms with Gasteiger partial charge in [0, 0.05) is 30.8 Å². The lowest BCUT2D eigenvalue weighted by molar-refractivity contribution is 0.0988. The highest BCUT2D eigenvalue weighted by Gasteiger charge is 2.07. The smallest absolute Gasteiger partial charge is 0.162 e. The molecule has 0 saturated heterocycles. The van der Waals surface area contributed by atoms with Crippen LogP contribution in [0.25, 0.3) is 0 Å². The number of benzene rings is 2. The monoisotopic (exact) mass is 267 g/mol. The molecule has 2 aromatic carbocycles. The van der Waals surface area contributed by atoms with E-state index < -0.39 is 0 Å². The second-order valence-electron chi connectivity index (χ2n) is 4.82. The minimum Gasteiger partial charge on any atom is -0.367 e. The average molecular weight is 267 g/mol. The first kappa shape index (κ1) is 14.3. The number of Topliss-reactive ketones (excluding diaryl/α,β-unsaturated/α-hetero) is 1. The molecule has 0 amide bonds. The number of anilines is 1. The molecule has 2 heteroatoms. The predicted octanol–water partition coefficient (Wildman–Crippen LogP) is 4.31. The molecule has 0 atom stereocenters. The van der Waals surface area contributed by atoms with Gasteiger partial charge in [-0.2, -0.15) is 0 Å². The van der Waals surface area contributed by atoms with Crippen LogP contribution in [0.4, 0.5) is 5.69 Å². The molecular formula is C18H21NO. The van der Waals surface area contributed by atoms with Crippen molar-refractivity contribution < 1.29 is 4.79 Å². The molecule has 0 aliphatic carbocycles. The van der Waals surface area contributed by atoms with Gasteiger partial charge < -0.3 is 4.90 Å². The highest BCUT2D eigenvalue weighted by atomic mass is 16.1. The number of ketones is 1. The van der Waals surface area contributed by atoms with Crippen LogP contribution < -0.4 is 4.90 Å². The van der Waals surface area contributed by atoms with Gasteiger partial charge in [0.05, 0.1) is 0 Å². The van der Waals surface area contributed by atoms with Gasteiger partial charge in [0.2, 0.25) is 0 Å². The Morgan fingerprint density at radius 3 is 2.15 bits per heavy atom. The average Bonchev–Trinajstić information content (AvgIpc) is 2.53. The van der Waals surface area contributed by atoms with Gasteiger partial charge in [-0.25, -0.2) is 0 Å². The largest absolute Gasteiger partial charge is 0.367 e. The van der Waals surface area contributed by atoms with Crippen molar-refractivity contribution in [3.63, 3.8) is 0 Å². The summed E-state index contributed by atoms with van der Waals surface area (Å²) >= 11 is 0. The second kappa shape index (κ2) is 6.90.